The predicted molar refractivity (Wildman–Crippen MR) is 80.6 cm³/mol. The van der Waals surface area contributed by atoms with Crippen molar-refractivity contribution in [1.29, 1.82) is 0 Å². The Bertz CT molecular complexity index is 487. The van der Waals surface area contributed by atoms with Crippen LogP contribution in [0.15, 0.2) is 0 Å². The van der Waals surface area contributed by atoms with Crippen molar-refractivity contribution in [2.75, 3.05) is 6.61 Å². The molecular weight excluding hydrogens is 371 g/mol. The minimum atomic E-state index is -6.24. The van der Waals surface area contributed by atoms with Gasteiger partial charge in [-0.3, -0.25) is 0 Å². The van der Waals surface area contributed by atoms with E-state index in [1.807, 2.05) is 0 Å². The second-order valence-electron chi connectivity index (χ2n) is 6.56. The first kappa shape index (κ1) is 23.8. The molecule has 25 heavy (non-hydrogen) atoms. The third-order valence-electron chi connectivity index (χ3n) is 2.61. The number of hydrogen-bond donors (Lipinski definition) is 0. The number of ether oxygens (including phenoxy) is 2. The molecule has 0 saturated heterocycles. The molecule has 5 nitrogen and oxygen atoms in total. The van der Waals surface area contributed by atoms with Crippen LogP contribution in [-0.4, -0.2) is 50.7 Å². The van der Waals surface area contributed by atoms with E-state index >= 15 is 0 Å². The smallest absolute Gasteiger partial charge is 0.457 e. The lowest BCUT2D eigenvalue weighted by Gasteiger charge is -2.40. The van der Waals surface area contributed by atoms with Crippen LogP contribution >= 0.6 is 0 Å². The number of carbonyl (C=O) groups is 2. The Balaban J connectivity index is 6.52. The van der Waals surface area contributed by atoms with E-state index in [4.69, 9.17) is 4.43 Å². The van der Waals surface area contributed by atoms with Crippen molar-refractivity contribution in [1.82, 2.24) is 0 Å². The fraction of sp³-hybridized carbons (Fsp3) is 0.857. The summed E-state index contributed by atoms with van der Waals surface area (Å²) in [5.74, 6) is -10.1. The molecule has 11 heteroatoms. The van der Waals surface area contributed by atoms with Crippen LogP contribution in [0.3, 0.4) is 0 Å². The average Bonchev–Trinajstić information content (AvgIpc) is 2.38. The number of rotatable bonds is 8. The molecule has 0 spiro atoms. The van der Waals surface area contributed by atoms with Gasteiger partial charge in [0, 0.05) is 0 Å². The molecule has 0 saturated carbocycles. The molecule has 0 aromatic rings. The monoisotopic (exact) mass is 394 g/mol. The Morgan fingerprint density at radius 2 is 1.48 bits per heavy atom. The summed E-state index contributed by atoms with van der Waals surface area (Å²) < 4.78 is 81.7. The maximum atomic E-state index is 14.3. The van der Waals surface area contributed by atoms with Gasteiger partial charge in [-0.25, -0.2) is 9.59 Å². The highest BCUT2D eigenvalue weighted by Gasteiger charge is 2.80. The molecule has 0 aliphatic carbocycles. The second-order valence-corrected chi connectivity index (χ2v) is 11.0. The summed E-state index contributed by atoms with van der Waals surface area (Å²) in [7, 11) is -3.28. The van der Waals surface area contributed by atoms with Gasteiger partial charge in [-0.05, 0) is 39.9 Å². The van der Waals surface area contributed by atoms with Crippen molar-refractivity contribution in [3.05, 3.63) is 0 Å². The summed E-state index contributed by atoms with van der Waals surface area (Å²) in [6.45, 7) is 7.28. The summed E-state index contributed by atoms with van der Waals surface area (Å²) in [5.41, 5.74) is -4.25. The lowest BCUT2D eigenvalue weighted by atomic mass is 9.94. The summed E-state index contributed by atoms with van der Waals surface area (Å²) in [5, 5.41) is 0. The van der Waals surface area contributed by atoms with Crippen LogP contribution in [0.2, 0.25) is 19.6 Å². The Labute approximate surface area is 143 Å². The van der Waals surface area contributed by atoms with Crippen LogP contribution in [-0.2, 0) is 23.5 Å². The topological polar surface area (TPSA) is 61.8 Å². The van der Waals surface area contributed by atoms with Gasteiger partial charge in [-0.1, -0.05) is 6.92 Å². The van der Waals surface area contributed by atoms with Gasteiger partial charge in [0.15, 0.2) is 8.32 Å². The van der Waals surface area contributed by atoms with Crippen LogP contribution in [0.5, 0.6) is 0 Å². The van der Waals surface area contributed by atoms with Gasteiger partial charge in [-0.2, -0.15) is 22.0 Å². The molecule has 0 amide bonds. The highest BCUT2D eigenvalue weighted by atomic mass is 28.4. The fourth-order valence-electron chi connectivity index (χ4n) is 1.74. The van der Waals surface area contributed by atoms with E-state index in [0.717, 1.165) is 0 Å². The molecule has 0 radical (unpaired) electrons. The molecule has 1 unspecified atom stereocenters. The lowest BCUT2D eigenvalue weighted by Crippen LogP contribution is -2.70. The molecule has 1 atom stereocenters. The van der Waals surface area contributed by atoms with Crippen molar-refractivity contribution >= 4 is 20.3 Å². The molecule has 0 N–H and O–H groups in total. The minimum absolute atomic E-state index is 0.144. The van der Waals surface area contributed by atoms with Crippen molar-refractivity contribution < 1.29 is 45.4 Å². The SMILES string of the molecule is CCCOC(=O)C(O[Si](C)(C)C)(C(=O)OC(C)C)C(F)(F)C(F)(F)F. The van der Waals surface area contributed by atoms with Crippen molar-refractivity contribution in [2.45, 2.75) is 70.6 Å². The van der Waals surface area contributed by atoms with Crippen molar-refractivity contribution in [2.24, 2.45) is 0 Å². The Kier molecular flexibility index (Phi) is 7.59. The zero-order chi connectivity index (χ0) is 20.3. The fourth-order valence-corrected chi connectivity index (χ4v) is 2.95. The van der Waals surface area contributed by atoms with Gasteiger partial charge in [0.1, 0.15) is 0 Å². The van der Waals surface area contributed by atoms with Gasteiger partial charge >= 0.3 is 29.6 Å². The first-order valence-corrected chi connectivity index (χ1v) is 11.0. The summed E-state index contributed by atoms with van der Waals surface area (Å²) in [6, 6.07) is 0. The van der Waals surface area contributed by atoms with Crippen molar-refractivity contribution in [3.8, 4) is 0 Å². The Hall–Kier alpha value is -1.23. The van der Waals surface area contributed by atoms with E-state index < -0.39 is 50.7 Å². The number of esters is 2. The van der Waals surface area contributed by atoms with E-state index in [-0.39, 0.29) is 6.42 Å². The van der Waals surface area contributed by atoms with Gasteiger partial charge in [-0.15, -0.1) is 0 Å². The predicted octanol–water partition coefficient (Wildman–Crippen LogP) is 3.68. The van der Waals surface area contributed by atoms with Crippen LogP contribution in [0.25, 0.3) is 0 Å². The Morgan fingerprint density at radius 1 is 1.00 bits per heavy atom. The Morgan fingerprint density at radius 3 is 1.80 bits per heavy atom. The number of carbonyl (C=O) groups excluding carboxylic acids is 2. The van der Waals surface area contributed by atoms with Crippen LogP contribution in [0, 0.1) is 0 Å². The van der Waals surface area contributed by atoms with E-state index in [0.29, 0.717) is 0 Å². The quantitative estimate of drug-likeness (QED) is 0.272. The van der Waals surface area contributed by atoms with Gasteiger partial charge < -0.3 is 13.9 Å². The molecule has 0 aromatic carbocycles. The zero-order valence-corrected chi connectivity index (χ0v) is 15.9. The summed E-state index contributed by atoms with van der Waals surface area (Å²) >= 11 is 0. The maximum Gasteiger partial charge on any atom is 0.457 e. The normalized spacial score (nSPS) is 15.7. The molecule has 0 bridgehead atoms. The van der Waals surface area contributed by atoms with Gasteiger partial charge in [0.2, 0.25) is 0 Å². The molecule has 0 fully saturated rings. The van der Waals surface area contributed by atoms with E-state index in [9.17, 15) is 31.5 Å². The third kappa shape index (κ3) is 5.37. The summed E-state index contributed by atoms with van der Waals surface area (Å²) in [4.78, 5) is 24.5. The largest absolute Gasteiger partial charge is 0.463 e. The first-order chi connectivity index (χ1) is 11.0. The second kappa shape index (κ2) is 7.98. The van der Waals surface area contributed by atoms with Crippen LogP contribution in [0.4, 0.5) is 22.0 Å². The minimum Gasteiger partial charge on any atom is -0.463 e. The highest BCUT2D eigenvalue weighted by Crippen LogP contribution is 2.48. The van der Waals surface area contributed by atoms with E-state index in [1.165, 1.54) is 40.4 Å². The van der Waals surface area contributed by atoms with Gasteiger partial charge in [0.25, 0.3) is 0 Å². The van der Waals surface area contributed by atoms with Crippen LogP contribution in [0.1, 0.15) is 27.2 Å². The summed E-state index contributed by atoms with van der Waals surface area (Å²) in [6.07, 6.45) is -7.15. The molecular formula is C14H23F5O5Si. The van der Waals surface area contributed by atoms with Gasteiger partial charge in [0.05, 0.1) is 12.7 Å². The number of alkyl halides is 5. The first-order valence-electron chi connectivity index (χ1n) is 7.56. The average molecular weight is 394 g/mol. The molecule has 0 aliphatic rings. The zero-order valence-electron chi connectivity index (χ0n) is 14.9. The molecule has 0 aromatic heterocycles. The van der Waals surface area contributed by atoms with E-state index in [2.05, 4.69) is 9.47 Å². The number of halogens is 5. The molecule has 148 valence electrons. The lowest BCUT2D eigenvalue weighted by molar-refractivity contribution is -0.330. The molecule has 0 aliphatic heterocycles. The third-order valence-corrected chi connectivity index (χ3v) is 3.53. The van der Waals surface area contributed by atoms with Crippen molar-refractivity contribution in [3.63, 3.8) is 0 Å². The maximum absolute atomic E-state index is 14.3. The standard InChI is InChI=1S/C14H23F5O5Si/c1-7-8-22-10(20)12(24-25(4,5)6,11(21)23-9(2)3)13(15,16)14(17,18)19/h9H,7-8H2,1-6H3. The molecule has 0 heterocycles. The molecule has 0 rings (SSSR count). The van der Waals surface area contributed by atoms with Crippen LogP contribution < -0.4 is 0 Å². The highest BCUT2D eigenvalue weighted by molar-refractivity contribution is 6.70. The number of hydrogen-bond acceptors (Lipinski definition) is 5. The van der Waals surface area contributed by atoms with E-state index in [1.54, 1.807) is 0 Å².